The van der Waals surface area contributed by atoms with Crippen molar-refractivity contribution >= 4 is 0 Å². The van der Waals surface area contributed by atoms with Crippen LogP contribution in [-0.4, -0.2) is 11.7 Å². The molecule has 104 valence electrons. The lowest BCUT2D eigenvalue weighted by atomic mass is 9.90. The summed E-state index contributed by atoms with van der Waals surface area (Å²) in [6.45, 7) is 0.789. The molecule has 1 unspecified atom stereocenters. The van der Waals surface area contributed by atoms with E-state index < -0.39 is 0 Å². The first-order valence-corrected chi connectivity index (χ1v) is 7.76. The van der Waals surface area contributed by atoms with Gasteiger partial charge in [-0.1, -0.05) is 44.6 Å². The molecule has 0 saturated heterocycles. The van der Waals surface area contributed by atoms with Crippen LogP contribution in [0.3, 0.4) is 0 Å². The molecule has 19 heavy (non-hydrogen) atoms. The molecule has 0 spiro atoms. The van der Waals surface area contributed by atoms with Crippen molar-refractivity contribution in [3.05, 3.63) is 29.3 Å². The third-order valence-electron chi connectivity index (χ3n) is 4.63. The van der Waals surface area contributed by atoms with Crippen LogP contribution < -0.4 is 4.74 Å². The van der Waals surface area contributed by atoms with Gasteiger partial charge in [0.05, 0.1) is 12.7 Å². The zero-order valence-corrected chi connectivity index (χ0v) is 11.6. The van der Waals surface area contributed by atoms with Gasteiger partial charge < -0.3 is 9.84 Å². The minimum atomic E-state index is -0.297. The monoisotopic (exact) mass is 260 g/mol. The largest absolute Gasteiger partial charge is 0.493 e. The van der Waals surface area contributed by atoms with Crippen molar-refractivity contribution in [3.8, 4) is 5.75 Å². The Morgan fingerprint density at radius 3 is 2.74 bits per heavy atom. The Morgan fingerprint density at radius 2 is 1.95 bits per heavy atom. The molecule has 1 aliphatic heterocycles. The van der Waals surface area contributed by atoms with E-state index in [1.807, 2.05) is 12.1 Å². The topological polar surface area (TPSA) is 29.5 Å². The highest BCUT2D eigenvalue weighted by Crippen LogP contribution is 2.33. The highest BCUT2D eigenvalue weighted by atomic mass is 16.5. The van der Waals surface area contributed by atoms with E-state index in [-0.39, 0.29) is 6.10 Å². The van der Waals surface area contributed by atoms with Crippen molar-refractivity contribution in [3.63, 3.8) is 0 Å². The highest BCUT2D eigenvalue weighted by molar-refractivity contribution is 5.40. The minimum Gasteiger partial charge on any atom is -0.493 e. The SMILES string of the molecule is OC(CC1CCCCCC1)c1ccc2c(c1)CCO2. The first kappa shape index (κ1) is 13.0. The molecule has 1 aromatic rings. The highest BCUT2D eigenvalue weighted by Gasteiger charge is 2.20. The summed E-state index contributed by atoms with van der Waals surface area (Å²) in [6, 6.07) is 6.20. The van der Waals surface area contributed by atoms with Crippen LogP contribution in [0.2, 0.25) is 0 Å². The molecule has 1 saturated carbocycles. The molecule has 3 rings (SSSR count). The standard InChI is InChI=1S/C17H24O2/c18-16(11-13-5-3-1-2-4-6-13)14-7-8-17-15(12-14)9-10-19-17/h7-8,12-13,16,18H,1-6,9-11H2. The average Bonchev–Trinajstić information content (AvgIpc) is 2.75. The van der Waals surface area contributed by atoms with Crippen LogP contribution >= 0.6 is 0 Å². The second kappa shape index (κ2) is 5.96. The number of ether oxygens (including phenoxy) is 1. The van der Waals surface area contributed by atoms with Crippen molar-refractivity contribution < 1.29 is 9.84 Å². The molecule has 0 aromatic heterocycles. The average molecular weight is 260 g/mol. The maximum Gasteiger partial charge on any atom is 0.122 e. The van der Waals surface area contributed by atoms with Gasteiger partial charge in [0.1, 0.15) is 5.75 Å². The molecule has 1 fully saturated rings. The van der Waals surface area contributed by atoms with Gasteiger partial charge in [-0.2, -0.15) is 0 Å². The summed E-state index contributed by atoms with van der Waals surface area (Å²) in [6.07, 6.45) is 9.65. The molecule has 2 nitrogen and oxygen atoms in total. The fourth-order valence-electron chi connectivity index (χ4n) is 3.47. The molecule has 1 aliphatic carbocycles. The van der Waals surface area contributed by atoms with Crippen molar-refractivity contribution in [1.82, 2.24) is 0 Å². The molecular formula is C17H24O2. The number of fused-ring (bicyclic) bond motifs is 1. The second-order valence-electron chi connectivity index (χ2n) is 6.07. The molecule has 1 atom stereocenters. The normalized spacial score (nSPS) is 21.5. The van der Waals surface area contributed by atoms with Gasteiger partial charge >= 0.3 is 0 Å². The quantitative estimate of drug-likeness (QED) is 0.832. The third-order valence-corrected chi connectivity index (χ3v) is 4.63. The molecule has 1 N–H and O–H groups in total. The Morgan fingerprint density at radius 1 is 1.16 bits per heavy atom. The molecule has 2 heteroatoms. The van der Waals surface area contributed by atoms with Crippen LogP contribution in [0.5, 0.6) is 5.75 Å². The van der Waals surface area contributed by atoms with Crippen LogP contribution in [0, 0.1) is 5.92 Å². The Labute approximate surface area is 115 Å². The molecule has 0 bridgehead atoms. The Bertz CT molecular complexity index is 419. The van der Waals surface area contributed by atoms with Crippen LogP contribution in [0.15, 0.2) is 18.2 Å². The number of benzene rings is 1. The Hall–Kier alpha value is -1.02. The number of rotatable bonds is 3. The lowest BCUT2D eigenvalue weighted by Crippen LogP contribution is -2.07. The van der Waals surface area contributed by atoms with E-state index in [2.05, 4.69) is 6.07 Å². The van der Waals surface area contributed by atoms with E-state index in [1.54, 1.807) is 0 Å². The van der Waals surface area contributed by atoms with Gasteiger partial charge in [-0.15, -0.1) is 0 Å². The van der Waals surface area contributed by atoms with E-state index in [4.69, 9.17) is 4.74 Å². The predicted octanol–water partition coefficient (Wildman–Crippen LogP) is 4.02. The number of hydrogen-bond donors (Lipinski definition) is 1. The van der Waals surface area contributed by atoms with Crippen LogP contribution in [0.1, 0.15) is 62.2 Å². The lowest BCUT2D eigenvalue weighted by molar-refractivity contribution is 0.139. The van der Waals surface area contributed by atoms with Gasteiger partial charge in [0.2, 0.25) is 0 Å². The molecule has 0 radical (unpaired) electrons. The van der Waals surface area contributed by atoms with Crippen molar-refractivity contribution in [2.75, 3.05) is 6.61 Å². The first-order valence-electron chi connectivity index (χ1n) is 7.76. The van der Waals surface area contributed by atoms with Crippen molar-refractivity contribution in [2.24, 2.45) is 5.92 Å². The summed E-state index contributed by atoms with van der Waals surface area (Å²) in [7, 11) is 0. The van der Waals surface area contributed by atoms with E-state index >= 15 is 0 Å². The first-order chi connectivity index (χ1) is 9.33. The zero-order valence-electron chi connectivity index (χ0n) is 11.6. The molecular weight excluding hydrogens is 236 g/mol. The van der Waals surface area contributed by atoms with Gasteiger partial charge in [0.15, 0.2) is 0 Å². The summed E-state index contributed by atoms with van der Waals surface area (Å²) in [4.78, 5) is 0. The van der Waals surface area contributed by atoms with Crippen molar-refractivity contribution in [1.29, 1.82) is 0 Å². The van der Waals surface area contributed by atoms with E-state index in [9.17, 15) is 5.11 Å². The van der Waals surface area contributed by atoms with Crippen LogP contribution in [-0.2, 0) is 6.42 Å². The fraction of sp³-hybridized carbons (Fsp3) is 0.647. The van der Waals surface area contributed by atoms with Gasteiger partial charge in [-0.05, 0) is 35.6 Å². The zero-order chi connectivity index (χ0) is 13.1. The molecule has 1 aromatic carbocycles. The Kier molecular flexibility index (Phi) is 4.07. The maximum absolute atomic E-state index is 10.5. The summed E-state index contributed by atoms with van der Waals surface area (Å²) in [5.41, 5.74) is 2.34. The van der Waals surface area contributed by atoms with Crippen LogP contribution in [0.4, 0.5) is 0 Å². The molecule has 1 heterocycles. The second-order valence-corrected chi connectivity index (χ2v) is 6.07. The number of aliphatic hydroxyl groups excluding tert-OH is 1. The summed E-state index contributed by atoms with van der Waals surface area (Å²) in [5, 5.41) is 10.5. The predicted molar refractivity (Wildman–Crippen MR) is 76.4 cm³/mol. The minimum absolute atomic E-state index is 0.297. The molecule has 0 amide bonds. The Balaban J connectivity index is 1.64. The summed E-state index contributed by atoms with van der Waals surface area (Å²) < 4.78 is 5.52. The van der Waals surface area contributed by atoms with Gasteiger partial charge in [-0.3, -0.25) is 0 Å². The fourth-order valence-corrected chi connectivity index (χ4v) is 3.47. The summed E-state index contributed by atoms with van der Waals surface area (Å²) >= 11 is 0. The maximum atomic E-state index is 10.5. The van der Waals surface area contributed by atoms with Gasteiger partial charge in [-0.25, -0.2) is 0 Å². The van der Waals surface area contributed by atoms with Crippen LogP contribution in [0.25, 0.3) is 0 Å². The molecule has 2 aliphatic rings. The third kappa shape index (κ3) is 3.11. The van der Waals surface area contributed by atoms with Gasteiger partial charge in [0.25, 0.3) is 0 Å². The summed E-state index contributed by atoms with van der Waals surface area (Å²) in [5.74, 6) is 1.72. The van der Waals surface area contributed by atoms with Gasteiger partial charge in [0, 0.05) is 6.42 Å². The smallest absolute Gasteiger partial charge is 0.122 e. The number of hydrogen-bond acceptors (Lipinski definition) is 2. The number of aliphatic hydroxyl groups is 1. The lowest BCUT2D eigenvalue weighted by Gasteiger charge is -2.19. The van der Waals surface area contributed by atoms with Crippen molar-refractivity contribution in [2.45, 2.75) is 57.5 Å². The van der Waals surface area contributed by atoms with E-state index in [1.165, 1.54) is 44.1 Å². The van der Waals surface area contributed by atoms with E-state index in [0.29, 0.717) is 5.92 Å². The van der Waals surface area contributed by atoms with E-state index in [0.717, 1.165) is 30.8 Å².